The van der Waals surface area contributed by atoms with Crippen molar-refractivity contribution < 1.29 is 0 Å². The number of anilines is 1. The first-order valence-corrected chi connectivity index (χ1v) is 6.52. The van der Waals surface area contributed by atoms with Crippen LogP contribution in [0.4, 0.5) is 5.82 Å². The van der Waals surface area contributed by atoms with Crippen LogP contribution in [0.3, 0.4) is 0 Å². The minimum Gasteiger partial charge on any atom is -0.370 e. The van der Waals surface area contributed by atoms with Gasteiger partial charge >= 0.3 is 0 Å². The molecule has 0 bridgehead atoms. The second kappa shape index (κ2) is 5.48. The van der Waals surface area contributed by atoms with E-state index in [1.807, 2.05) is 0 Å². The first-order valence-electron chi connectivity index (χ1n) is 6.52. The molecule has 0 atom stereocenters. The molecule has 17 heavy (non-hydrogen) atoms. The van der Waals surface area contributed by atoms with Crippen molar-refractivity contribution in [3.8, 4) is 0 Å². The van der Waals surface area contributed by atoms with Gasteiger partial charge in [-0.3, -0.25) is 0 Å². The van der Waals surface area contributed by atoms with E-state index in [0.29, 0.717) is 0 Å². The first-order chi connectivity index (χ1) is 7.90. The Morgan fingerprint density at radius 2 is 1.76 bits per heavy atom. The van der Waals surface area contributed by atoms with Crippen LogP contribution in [0.15, 0.2) is 0 Å². The summed E-state index contributed by atoms with van der Waals surface area (Å²) in [5.41, 5.74) is 2.34. The number of aryl methyl sites for hydroxylation is 1. The van der Waals surface area contributed by atoms with Gasteiger partial charge in [-0.15, -0.1) is 0 Å². The maximum absolute atomic E-state index is 4.69. The van der Waals surface area contributed by atoms with E-state index in [0.717, 1.165) is 36.7 Å². The van der Waals surface area contributed by atoms with E-state index in [1.165, 1.54) is 5.56 Å². The van der Waals surface area contributed by atoms with Crippen LogP contribution in [-0.2, 0) is 11.8 Å². The van der Waals surface area contributed by atoms with E-state index in [2.05, 4.69) is 51.8 Å². The minimum absolute atomic E-state index is 0.000321. The normalized spacial score (nSPS) is 11.6. The smallest absolute Gasteiger partial charge is 0.136 e. The zero-order valence-electron chi connectivity index (χ0n) is 12.0. The average molecular weight is 235 g/mol. The second-order valence-electron chi connectivity index (χ2n) is 5.49. The molecule has 0 spiro atoms. The summed E-state index contributed by atoms with van der Waals surface area (Å²) in [5, 5.41) is 3.42. The van der Waals surface area contributed by atoms with Crippen molar-refractivity contribution in [2.24, 2.45) is 0 Å². The zero-order chi connectivity index (χ0) is 13.1. The van der Waals surface area contributed by atoms with Gasteiger partial charge in [0.15, 0.2) is 0 Å². The van der Waals surface area contributed by atoms with Crippen molar-refractivity contribution >= 4 is 5.82 Å². The monoisotopic (exact) mass is 235 g/mol. The van der Waals surface area contributed by atoms with Crippen molar-refractivity contribution in [2.75, 3.05) is 11.9 Å². The van der Waals surface area contributed by atoms with E-state index in [-0.39, 0.29) is 5.41 Å². The summed E-state index contributed by atoms with van der Waals surface area (Å²) in [6, 6.07) is 0. The van der Waals surface area contributed by atoms with Crippen LogP contribution in [-0.4, -0.2) is 16.5 Å². The summed E-state index contributed by atoms with van der Waals surface area (Å²) >= 11 is 0. The fourth-order valence-electron chi connectivity index (χ4n) is 1.74. The topological polar surface area (TPSA) is 37.8 Å². The number of hydrogen-bond donors (Lipinski definition) is 1. The molecule has 0 aromatic carbocycles. The molecule has 0 saturated carbocycles. The highest BCUT2D eigenvalue weighted by atomic mass is 15.0. The third-order valence-corrected chi connectivity index (χ3v) is 2.78. The highest BCUT2D eigenvalue weighted by molar-refractivity contribution is 5.47. The minimum atomic E-state index is -0.000321. The molecule has 1 aromatic heterocycles. The molecule has 0 aliphatic heterocycles. The van der Waals surface area contributed by atoms with Gasteiger partial charge < -0.3 is 5.32 Å². The van der Waals surface area contributed by atoms with Gasteiger partial charge in [0, 0.05) is 23.2 Å². The van der Waals surface area contributed by atoms with Gasteiger partial charge in [0.1, 0.15) is 11.6 Å². The van der Waals surface area contributed by atoms with Crippen molar-refractivity contribution in [3.63, 3.8) is 0 Å². The Balaban J connectivity index is 3.19. The average Bonchev–Trinajstić information content (AvgIpc) is 2.24. The predicted molar refractivity (Wildman–Crippen MR) is 73.6 cm³/mol. The van der Waals surface area contributed by atoms with E-state index in [9.17, 15) is 0 Å². The number of nitrogens with zero attached hydrogens (tertiary/aromatic N) is 2. The molecule has 0 aliphatic carbocycles. The van der Waals surface area contributed by atoms with E-state index >= 15 is 0 Å². The number of nitrogens with one attached hydrogen (secondary N) is 1. The van der Waals surface area contributed by atoms with Gasteiger partial charge in [-0.05, 0) is 19.8 Å². The molecular formula is C14H25N3. The van der Waals surface area contributed by atoms with Gasteiger partial charge in [0.25, 0.3) is 0 Å². The Hall–Kier alpha value is -1.12. The van der Waals surface area contributed by atoms with Gasteiger partial charge in [0.05, 0.1) is 0 Å². The lowest BCUT2D eigenvalue weighted by Crippen LogP contribution is -2.19. The molecule has 1 rings (SSSR count). The summed E-state index contributed by atoms with van der Waals surface area (Å²) < 4.78 is 0. The van der Waals surface area contributed by atoms with Gasteiger partial charge in [-0.1, -0.05) is 34.6 Å². The molecule has 0 amide bonds. The van der Waals surface area contributed by atoms with Gasteiger partial charge in [-0.25, -0.2) is 9.97 Å². The fourth-order valence-corrected chi connectivity index (χ4v) is 1.74. The molecule has 0 unspecified atom stereocenters. The maximum atomic E-state index is 4.69. The molecule has 1 heterocycles. The zero-order valence-corrected chi connectivity index (χ0v) is 12.0. The number of rotatable bonds is 4. The quantitative estimate of drug-likeness (QED) is 0.868. The highest BCUT2D eigenvalue weighted by Gasteiger charge is 2.20. The second-order valence-corrected chi connectivity index (χ2v) is 5.49. The summed E-state index contributed by atoms with van der Waals surface area (Å²) in [5.74, 6) is 1.94. The van der Waals surface area contributed by atoms with Crippen LogP contribution >= 0.6 is 0 Å². The standard InChI is InChI=1S/C14H25N3/c1-7-9-15-12-11(8-2)10(3)16-13(17-12)14(4,5)6/h7-9H2,1-6H3,(H,15,16,17). The summed E-state index contributed by atoms with van der Waals surface area (Å²) in [4.78, 5) is 9.32. The molecule has 1 aromatic rings. The molecule has 3 nitrogen and oxygen atoms in total. The Labute approximate surface area is 105 Å². The lowest BCUT2D eigenvalue weighted by Gasteiger charge is -2.20. The maximum Gasteiger partial charge on any atom is 0.136 e. The van der Waals surface area contributed by atoms with Gasteiger partial charge in [0.2, 0.25) is 0 Å². The van der Waals surface area contributed by atoms with Crippen LogP contribution in [0.2, 0.25) is 0 Å². The number of hydrogen-bond acceptors (Lipinski definition) is 3. The third-order valence-electron chi connectivity index (χ3n) is 2.78. The summed E-state index contributed by atoms with van der Waals surface area (Å²) in [7, 11) is 0. The van der Waals surface area contributed by atoms with Crippen LogP contribution < -0.4 is 5.32 Å². The Kier molecular flexibility index (Phi) is 4.49. The van der Waals surface area contributed by atoms with Crippen molar-refractivity contribution in [1.82, 2.24) is 9.97 Å². The van der Waals surface area contributed by atoms with Crippen LogP contribution in [0, 0.1) is 6.92 Å². The summed E-state index contributed by atoms with van der Waals surface area (Å²) in [6.45, 7) is 13.8. The van der Waals surface area contributed by atoms with Crippen molar-refractivity contribution in [3.05, 3.63) is 17.1 Å². The predicted octanol–water partition coefficient (Wildman–Crippen LogP) is 3.47. The SMILES string of the molecule is CCCNc1nc(C(C)(C)C)nc(C)c1CC. The van der Waals surface area contributed by atoms with Crippen molar-refractivity contribution in [2.45, 2.75) is 59.8 Å². The third kappa shape index (κ3) is 3.42. The van der Waals surface area contributed by atoms with E-state index in [1.54, 1.807) is 0 Å². The molecule has 96 valence electrons. The molecule has 0 radical (unpaired) electrons. The molecule has 0 fully saturated rings. The molecule has 0 saturated heterocycles. The Morgan fingerprint density at radius 3 is 2.24 bits per heavy atom. The van der Waals surface area contributed by atoms with Crippen LogP contribution in [0.5, 0.6) is 0 Å². The van der Waals surface area contributed by atoms with E-state index < -0.39 is 0 Å². The Morgan fingerprint density at radius 1 is 1.12 bits per heavy atom. The number of aromatic nitrogens is 2. The first kappa shape index (κ1) is 13.9. The lowest BCUT2D eigenvalue weighted by molar-refractivity contribution is 0.542. The molecule has 3 heteroatoms. The van der Waals surface area contributed by atoms with Crippen LogP contribution in [0.25, 0.3) is 0 Å². The summed E-state index contributed by atoms with van der Waals surface area (Å²) in [6.07, 6.45) is 2.08. The fraction of sp³-hybridized carbons (Fsp3) is 0.714. The van der Waals surface area contributed by atoms with Crippen molar-refractivity contribution in [1.29, 1.82) is 0 Å². The lowest BCUT2D eigenvalue weighted by atomic mass is 9.95. The molecule has 0 aliphatic rings. The van der Waals surface area contributed by atoms with E-state index in [4.69, 9.17) is 4.98 Å². The van der Waals surface area contributed by atoms with Crippen LogP contribution in [0.1, 0.15) is 58.1 Å². The molecule has 1 N–H and O–H groups in total. The highest BCUT2D eigenvalue weighted by Crippen LogP contribution is 2.24. The Bertz CT molecular complexity index is 378. The molecular weight excluding hydrogens is 210 g/mol. The van der Waals surface area contributed by atoms with Gasteiger partial charge in [-0.2, -0.15) is 0 Å². The largest absolute Gasteiger partial charge is 0.370 e.